The predicted molar refractivity (Wildman–Crippen MR) is 249 cm³/mol. The third kappa shape index (κ3) is 6.68. The van der Waals surface area contributed by atoms with Gasteiger partial charge in [-0.25, -0.2) is 9.97 Å². The minimum absolute atomic E-state index is 0.704. The lowest BCUT2D eigenvalue weighted by Crippen LogP contribution is -1.96. The van der Waals surface area contributed by atoms with Crippen molar-refractivity contribution in [2.45, 2.75) is 26.7 Å². The Hall–Kier alpha value is -8.10. The van der Waals surface area contributed by atoms with Crippen LogP contribution >= 0.6 is 0 Å². The largest absolute Gasteiger partial charge is 0.457 e. The molecule has 0 radical (unpaired) electrons. The second kappa shape index (κ2) is 15.5. The minimum atomic E-state index is 0.704. The smallest absolute Gasteiger partial charge is 0.137 e. The maximum absolute atomic E-state index is 6.51. The molecule has 8 nitrogen and oxygen atoms in total. The van der Waals surface area contributed by atoms with Crippen molar-refractivity contribution in [1.29, 1.82) is 0 Å². The lowest BCUT2D eigenvalue weighted by atomic mass is 10.1. The first-order valence-corrected chi connectivity index (χ1v) is 21.0. The fourth-order valence-electron chi connectivity index (χ4n) is 8.46. The first-order valence-electron chi connectivity index (χ1n) is 21.0. The van der Waals surface area contributed by atoms with Crippen molar-refractivity contribution in [2.24, 2.45) is 0 Å². The second-order valence-corrected chi connectivity index (χ2v) is 15.4. The molecule has 11 aromatic rings. The zero-order chi connectivity index (χ0) is 41.6. The summed E-state index contributed by atoms with van der Waals surface area (Å²) in [7, 11) is 0. The van der Waals surface area contributed by atoms with Crippen molar-refractivity contribution in [3.63, 3.8) is 0 Å². The quantitative estimate of drug-likeness (QED) is 0.137. The van der Waals surface area contributed by atoms with E-state index in [1.807, 2.05) is 109 Å². The maximum atomic E-state index is 6.51. The topological polar surface area (TPSA) is 79.9 Å². The Labute approximate surface area is 358 Å². The molecule has 8 heteroatoms. The van der Waals surface area contributed by atoms with E-state index < -0.39 is 0 Å². The third-order valence-electron chi connectivity index (χ3n) is 11.6. The number of pyridine rings is 2. The first kappa shape index (κ1) is 36.9. The van der Waals surface area contributed by atoms with Crippen molar-refractivity contribution in [1.82, 2.24) is 29.1 Å². The van der Waals surface area contributed by atoms with Crippen LogP contribution in [-0.2, 0) is 12.8 Å². The van der Waals surface area contributed by atoms with Gasteiger partial charge in [0.15, 0.2) is 0 Å². The minimum Gasteiger partial charge on any atom is -0.457 e. The Morgan fingerprint density at radius 1 is 0.387 bits per heavy atom. The third-order valence-corrected chi connectivity index (χ3v) is 11.6. The Morgan fingerprint density at radius 2 is 0.855 bits per heavy atom. The van der Waals surface area contributed by atoms with Crippen LogP contribution in [0.1, 0.15) is 25.0 Å². The molecule has 0 atom stereocenters. The van der Waals surface area contributed by atoms with Crippen LogP contribution < -0.4 is 9.47 Å². The van der Waals surface area contributed by atoms with E-state index in [9.17, 15) is 0 Å². The normalized spacial score (nSPS) is 11.5. The van der Waals surface area contributed by atoms with Gasteiger partial charge >= 0.3 is 0 Å². The highest BCUT2D eigenvalue weighted by Gasteiger charge is 2.17. The molecule has 0 spiro atoms. The lowest BCUT2D eigenvalue weighted by Gasteiger charge is -2.11. The zero-order valence-electron chi connectivity index (χ0n) is 34.2. The van der Waals surface area contributed by atoms with E-state index in [-0.39, 0.29) is 0 Å². The number of nitrogens with zero attached hydrogens (tertiary/aromatic N) is 6. The molecule has 6 aromatic carbocycles. The summed E-state index contributed by atoms with van der Waals surface area (Å²) in [5.41, 5.74) is 10.2. The van der Waals surface area contributed by atoms with Gasteiger partial charge in [-0.2, -0.15) is 0 Å². The molecule has 11 rings (SSSR count). The van der Waals surface area contributed by atoms with Crippen molar-refractivity contribution < 1.29 is 9.47 Å². The molecule has 298 valence electrons. The summed E-state index contributed by atoms with van der Waals surface area (Å²) >= 11 is 0. The molecule has 0 saturated heterocycles. The number of hydrogen-bond acceptors (Lipinski definition) is 6. The van der Waals surface area contributed by atoms with E-state index in [2.05, 4.69) is 83.6 Å². The van der Waals surface area contributed by atoms with Crippen LogP contribution in [0.25, 0.3) is 77.8 Å². The van der Waals surface area contributed by atoms with E-state index >= 15 is 0 Å². The summed E-state index contributed by atoms with van der Waals surface area (Å²) in [6.45, 7) is 4.37. The van der Waals surface area contributed by atoms with Gasteiger partial charge in [-0.3, -0.25) is 19.1 Å². The Bertz CT molecular complexity index is 3200. The van der Waals surface area contributed by atoms with Crippen LogP contribution in [0.5, 0.6) is 23.0 Å². The molecule has 62 heavy (non-hydrogen) atoms. The summed E-state index contributed by atoms with van der Waals surface area (Å²) in [4.78, 5) is 19.1. The predicted octanol–water partition coefficient (Wildman–Crippen LogP) is 13.5. The monoisotopic (exact) mass is 804 g/mol. The molecule has 0 aliphatic carbocycles. The molecule has 5 heterocycles. The summed E-state index contributed by atoms with van der Waals surface area (Å²) < 4.78 is 17.4. The van der Waals surface area contributed by atoms with Crippen molar-refractivity contribution >= 4 is 43.6 Å². The van der Waals surface area contributed by atoms with Gasteiger partial charge in [-0.05, 0) is 121 Å². The standard InChI is InChI=1S/C54H40N6O2/c1-3-35-17-23-49-45(27-35)43-21-19-41(31-51(43)59(49)53-15-5-7-25-55-53)61-39-13-9-11-37(29-39)47-33-58-48(34-57-47)38-12-10-14-40(30-38)62-42-20-22-44-46-28-36(4-2)18-24-50(46)60(52(44)32-42)54-16-6-8-26-56-54/h5-34H,3-4H2,1-2H3. The fraction of sp³-hybridized carbons (Fsp3) is 0.0741. The van der Waals surface area contributed by atoms with E-state index in [1.165, 1.54) is 21.9 Å². The molecule has 0 aliphatic rings. The Morgan fingerprint density at radius 3 is 1.27 bits per heavy atom. The van der Waals surface area contributed by atoms with E-state index in [1.54, 1.807) is 12.4 Å². The van der Waals surface area contributed by atoms with Gasteiger partial charge in [0.1, 0.15) is 34.6 Å². The zero-order valence-corrected chi connectivity index (χ0v) is 34.2. The van der Waals surface area contributed by atoms with Crippen LogP contribution in [0, 0.1) is 0 Å². The van der Waals surface area contributed by atoms with Gasteiger partial charge in [-0.1, -0.05) is 62.4 Å². The lowest BCUT2D eigenvalue weighted by molar-refractivity contribution is 0.483. The van der Waals surface area contributed by atoms with Gasteiger partial charge in [0.2, 0.25) is 0 Å². The number of fused-ring (bicyclic) bond motifs is 6. The van der Waals surface area contributed by atoms with Gasteiger partial charge in [-0.15, -0.1) is 0 Å². The first-order chi connectivity index (χ1) is 30.6. The highest BCUT2D eigenvalue weighted by molar-refractivity contribution is 6.10. The molecule has 0 bridgehead atoms. The summed E-state index contributed by atoms with van der Waals surface area (Å²) in [5.74, 6) is 4.60. The molecule has 5 aromatic heterocycles. The molecule has 0 N–H and O–H groups in total. The van der Waals surface area contributed by atoms with Crippen molar-refractivity contribution in [3.8, 4) is 57.1 Å². The maximum Gasteiger partial charge on any atom is 0.137 e. The molecule has 0 unspecified atom stereocenters. The van der Waals surface area contributed by atoms with Crippen molar-refractivity contribution in [3.05, 3.63) is 194 Å². The Kier molecular flexibility index (Phi) is 9.23. The number of ether oxygens (including phenoxy) is 2. The molecule has 0 saturated carbocycles. The van der Waals surface area contributed by atoms with Crippen LogP contribution in [0.3, 0.4) is 0 Å². The number of benzene rings is 6. The molecule has 0 fully saturated rings. The van der Waals surface area contributed by atoms with Crippen molar-refractivity contribution in [2.75, 3.05) is 0 Å². The van der Waals surface area contributed by atoms with Gasteiger partial charge in [0, 0.05) is 57.2 Å². The van der Waals surface area contributed by atoms with Crippen LogP contribution in [0.4, 0.5) is 0 Å². The van der Waals surface area contributed by atoms with Gasteiger partial charge in [0.05, 0.1) is 45.8 Å². The highest BCUT2D eigenvalue weighted by atomic mass is 16.5. The summed E-state index contributed by atoms with van der Waals surface area (Å²) in [6, 6.07) is 53.8. The average Bonchev–Trinajstić information content (AvgIpc) is 3.83. The fourth-order valence-corrected chi connectivity index (χ4v) is 8.46. The van der Waals surface area contributed by atoms with Gasteiger partial charge < -0.3 is 9.47 Å². The van der Waals surface area contributed by atoms with E-state index in [0.717, 1.165) is 91.3 Å². The average molecular weight is 805 g/mol. The highest BCUT2D eigenvalue weighted by Crippen LogP contribution is 2.38. The number of aromatic nitrogens is 6. The van der Waals surface area contributed by atoms with Gasteiger partial charge in [0.25, 0.3) is 0 Å². The Balaban J connectivity index is 0.852. The number of hydrogen-bond donors (Lipinski definition) is 0. The van der Waals surface area contributed by atoms with Crippen LogP contribution in [0.2, 0.25) is 0 Å². The van der Waals surface area contributed by atoms with E-state index in [0.29, 0.717) is 11.5 Å². The second-order valence-electron chi connectivity index (χ2n) is 15.4. The molecular formula is C54H40N6O2. The molecule has 0 amide bonds. The molecular weight excluding hydrogens is 765 g/mol. The summed E-state index contributed by atoms with van der Waals surface area (Å²) in [6.07, 6.45) is 9.21. The van der Waals surface area contributed by atoms with Crippen LogP contribution in [0.15, 0.2) is 183 Å². The molecule has 0 aliphatic heterocycles. The summed E-state index contributed by atoms with van der Waals surface area (Å²) in [5, 5.41) is 4.71. The number of rotatable bonds is 10. The van der Waals surface area contributed by atoms with Crippen LogP contribution in [-0.4, -0.2) is 29.1 Å². The number of aryl methyl sites for hydroxylation is 2. The SMILES string of the molecule is CCc1ccc2c(c1)c1ccc(Oc3cccc(-c4cnc(-c5cccc(Oc6ccc7c8cc(CC)ccc8n(-c8ccccn8)c7c6)c5)cn4)c3)cc1n2-c1ccccn1. The van der Waals surface area contributed by atoms with E-state index in [4.69, 9.17) is 29.4 Å².